The zero-order chi connectivity index (χ0) is 19.4. The third-order valence-electron chi connectivity index (χ3n) is 4.08. The minimum absolute atomic E-state index is 0.0130. The molecule has 2 aromatic carbocycles. The highest BCUT2D eigenvalue weighted by molar-refractivity contribution is 6.34. The number of nitro benzene ring substituents is 1. The highest BCUT2D eigenvalue weighted by atomic mass is 35.5. The lowest BCUT2D eigenvalue weighted by atomic mass is 10.0. The van der Waals surface area contributed by atoms with Gasteiger partial charge in [0.15, 0.2) is 0 Å². The number of carboxylic acid groups (broad SMARTS) is 1. The summed E-state index contributed by atoms with van der Waals surface area (Å²) in [6.07, 6.45) is 0.0130. The number of amides is 1. The normalized spacial score (nSPS) is 11.7. The van der Waals surface area contributed by atoms with Crippen LogP contribution >= 0.6 is 11.6 Å². The molecule has 0 aliphatic rings. The van der Waals surface area contributed by atoms with Crippen LogP contribution in [0, 0.1) is 17.0 Å². The quantitative estimate of drug-likeness (QED) is 0.615. The van der Waals surface area contributed by atoms with Crippen molar-refractivity contribution < 1.29 is 19.6 Å². The summed E-state index contributed by atoms with van der Waals surface area (Å²) in [5.74, 6) is -1.67. The van der Waals surface area contributed by atoms with Gasteiger partial charge >= 0.3 is 5.97 Å². The number of nitrogens with zero attached hydrogens (tertiary/aromatic N) is 2. The molecule has 0 saturated heterocycles. The Bertz CT molecular complexity index is 831. The van der Waals surface area contributed by atoms with Crippen LogP contribution in [0.15, 0.2) is 42.5 Å². The van der Waals surface area contributed by atoms with Crippen molar-refractivity contribution in [1.82, 2.24) is 4.90 Å². The number of benzene rings is 2. The fourth-order valence-electron chi connectivity index (χ4n) is 2.59. The van der Waals surface area contributed by atoms with Crippen LogP contribution in [-0.4, -0.2) is 39.9 Å². The monoisotopic (exact) mass is 376 g/mol. The van der Waals surface area contributed by atoms with Crippen LogP contribution in [0.1, 0.15) is 21.5 Å². The highest BCUT2D eigenvalue weighted by Gasteiger charge is 2.29. The van der Waals surface area contributed by atoms with Gasteiger partial charge in [-0.05, 0) is 24.1 Å². The van der Waals surface area contributed by atoms with Gasteiger partial charge in [-0.1, -0.05) is 35.9 Å². The summed E-state index contributed by atoms with van der Waals surface area (Å²) in [7, 11) is 1.40. The molecule has 2 aromatic rings. The van der Waals surface area contributed by atoms with E-state index in [0.29, 0.717) is 11.1 Å². The molecule has 136 valence electrons. The van der Waals surface area contributed by atoms with Gasteiger partial charge in [0.25, 0.3) is 11.6 Å². The van der Waals surface area contributed by atoms with E-state index in [1.54, 1.807) is 25.1 Å². The Morgan fingerprint density at radius 3 is 2.35 bits per heavy atom. The van der Waals surface area contributed by atoms with E-state index in [-0.39, 0.29) is 22.7 Å². The number of nitro groups is 1. The maximum atomic E-state index is 12.8. The average molecular weight is 377 g/mol. The van der Waals surface area contributed by atoms with E-state index in [1.165, 1.54) is 31.3 Å². The third-order valence-corrected chi connectivity index (χ3v) is 4.40. The molecular formula is C18H17ClN2O5. The van der Waals surface area contributed by atoms with Crippen molar-refractivity contribution in [3.8, 4) is 0 Å². The van der Waals surface area contributed by atoms with Gasteiger partial charge in [-0.25, -0.2) is 4.79 Å². The second-order valence-electron chi connectivity index (χ2n) is 5.83. The maximum absolute atomic E-state index is 12.8. The molecule has 0 aromatic heterocycles. The fourth-order valence-corrected chi connectivity index (χ4v) is 2.89. The molecule has 0 spiro atoms. The highest BCUT2D eigenvalue weighted by Crippen LogP contribution is 2.23. The lowest BCUT2D eigenvalue weighted by Crippen LogP contribution is -2.44. The van der Waals surface area contributed by atoms with Crippen molar-refractivity contribution in [1.29, 1.82) is 0 Å². The van der Waals surface area contributed by atoms with Crippen molar-refractivity contribution in [2.45, 2.75) is 19.4 Å². The number of carbonyl (C=O) groups is 2. The van der Waals surface area contributed by atoms with Crippen LogP contribution in [0.25, 0.3) is 0 Å². The first-order valence-corrected chi connectivity index (χ1v) is 8.08. The smallest absolute Gasteiger partial charge is 0.326 e. The van der Waals surface area contributed by atoms with Gasteiger partial charge in [0.05, 0.1) is 15.5 Å². The molecule has 1 unspecified atom stereocenters. The molecule has 8 heteroatoms. The summed E-state index contributed by atoms with van der Waals surface area (Å²) < 4.78 is 0. The van der Waals surface area contributed by atoms with E-state index in [9.17, 15) is 24.8 Å². The molecule has 0 bridgehead atoms. The second kappa shape index (κ2) is 7.97. The van der Waals surface area contributed by atoms with E-state index in [4.69, 9.17) is 11.6 Å². The number of carboxylic acids is 1. The Kier molecular flexibility index (Phi) is 5.94. The Labute approximate surface area is 155 Å². The van der Waals surface area contributed by atoms with E-state index < -0.39 is 22.8 Å². The molecule has 0 aliphatic heterocycles. The molecule has 1 atom stereocenters. The van der Waals surface area contributed by atoms with Crippen molar-refractivity contribution >= 4 is 29.2 Å². The molecule has 0 fully saturated rings. The topological polar surface area (TPSA) is 101 Å². The Morgan fingerprint density at radius 1 is 1.23 bits per heavy atom. The lowest BCUT2D eigenvalue weighted by molar-refractivity contribution is -0.384. The molecule has 0 radical (unpaired) electrons. The molecule has 0 aliphatic carbocycles. The van der Waals surface area contributed by atoms with Crippen LogP contribution in [0.2, 0.25) is 5.02 Å². The number of aliphatic carboxylic acids is 1. The lowest BCUT2D eigenvalue weighted by Gasteiger charge is -2.26. The largest absolute Gasteiger partial charge is 0.480 e. The Balaban J connectivity index is 2.27. The number of likely N-dealkylation sites (N-methyl/N-ethyl adjacent to an activating group) is 1. The minimum atomic E-state index is -1.18. The van der Waals surface area contributed by atoms with Crippen LogP contribution in [0.5, 0.6) is 0 Å². The Hall–Kier alpha value is -2.93. The minimum Gasteiger partial charge on any atom is -0.480 e. The van der Waals surface area contributed by atoms with Gasteiger partial charge in [-0.2, -0.15) is 0 Å². The van der Waals surface area contributed by atoms with Crippen molar-refractivity contribution in [2.24, 2.45) is 0 Å². The maximum Gasteiger partial charge on any atom is 0.326 e. The molecule has 1 N–H and O–H groups in total. The second-order valence-corrected chi connectivity index (χ2v) is 6.24. The number of carbonyl (C=O) groups excluding carboxylic acids is 1. The number of halogens is 1. The fraction of sp³-hybridized carbons (Fsp3) is 0.222. The first kappa shape index (κ1) is 19.4. The van der Waals surface area contributed by atoms with Gasteiger partial charge in [-0.3, -0.25) is 14.9 Å². The summed E-state index contributed by atoms with van der Waals surface area (Å²) in [5.41, 5.74) is 1.38. The first-order chi connectivity index (χ1) is 12.2. The number of hydrogen-bond acceptors (Lipinski definition) is 4. The predicted molar refractivity (Wildman–Crippen MR) is 96.5 cm³/mol. The summed E-state index contributed by atoms with van der Waals surface area (Å²) in [4.78, 5) is 35.7. The van der Waals surface area contributed by atoms with Crippen molar-refractivity contribution in [2.75, 3.05) is 7.05 Å². The van der Waals surface area contributed by atoms with Crippen LogP contribution in [0.3, 0.4) is 0 Å². The number of rotatable bonds is 6. The predicted octanol–water partition coefficient (Wildman–Crippen LogP) is 3.32. The van der Waals surface area contributed by atoms with E-state index in [2.05, 4.69) is 0 Å². The standard InChI is InChI=1S/C18H17ClN2O5/c1-11-4-3-5-14(19)16(11)17(22)20(2)15(18(23)24)10-12-6-8-13(9-7-12)21(25)26/h3-9,15H,10H2,1-2H3,(H,23,24). The summed E-state index contributed by atoms with van der Waals surface area (Å²) >= 11 is 6.10. The third kappa shape index (κ3) is 4.18. The molecular weight excluding hydrogens is 360 g/mol. The summed E-state index contributed by atoms with van der Waals surface area (Å²) in [6.45, 7) is 1.72. The van der Waals surface area contributed by atoms with E-state index in [1.807, 2.05) is 0 Å². The summed E-state index contributed by atoms with van der Waals surface area (Å²) in [6, 6.07) is 9.42. The van der Waals surface area contributed by atoms with Gasteiger partial charge in [0, 0.05) is 25.6 Å². The molecule has 7 nitrogen and oxygen atoms in total. The molecule has 2 rings (SSSR count). The van der Waals surface area contributed by atoms with Gasteiger partial charge < -0.3 is 10.0 Å². The van der Waals surface area contributed by atoms with Crippen LogP contribution < -0.4 is 0 Å². The van der Waals surface area contributed by atoms with Crippen LogP contribution in [0.4, 0.5) is 5.69 Å². The van der Waals surface area contributed by atoms with Crippen molar-refractivity contribution in [3.05, 3.63) is 74.3 Å². The van der Waals surface area contributed by atoms with Crippen molar-refractivity contribution in [3.63, 3.8) is 0 Å². The SMILES string of the molecule is Cc1cccc(Cl)c1C(=O)N(C)C(Cc1ccc([N+](=O)[O-])cc1)C(=O)O. The zero-order valence-electron chi connectivity index (χ0n) is 14.2. The number of non-ortho nitro benzene ring substituents is 1. The van der Waals surface area contributed by atoms with E-state index in [0.717, 1.165) is 4.90 Å². The van der Waals surface area contributed by atoms with Gasteiger partial charge in [-0.15, -0.1) is 0 Å². The molecule has 0 heterocycles. The summed E-state index contributed by atoms with van der Waals surface area (Å²) in [5, 5.41) is 20.5. The Morgan fingerprint density at radius 2 is 1.85 bits per heavy atom. The van der Waals surface area contributed by atoms with Gasteiger partial charge in [0.2, 0.25) is 0 Å². The molecule has 0 saturated carbocycles. The zero-order valence-corrected chi connectivity index (χ0v) is 14.9. The van der Waals surface area contributed by atoms with Gasteiger partial charge in [0.1, 0.15) is 6.04 Å². The van der Waals surface area contributed by atoms with E-state index >= 15 is 0 Å². The number of aryl methyl sites for hydroxylation is 1. The van der Waals surface area contributed by atoms with Crippen LogP contribution in [-0.2, 0) is 11.2 Å². The average Bonchev–Trinajstić information content (AvgIpc) is 2.59. The molecule has 1 amide bonds. The number of hydrogen-bond donors (Lipinski definition) is 1. The first-order valence-electron chi connectivity index (χ1n) is 7.70. The molecule has 26 heavy (non-hydrogen) atoms.